The number of rotatable bonds is 8. The third-order valence-corrected chi connectivity index (χ3v) is 7.10. The van der Waals surface area contributed by atoms with E-state index in [-0.39, 0.29) is 23.0 Å². The Balaban J connectivity index is 2.09. The van der Waals surface area contributed by atoms with E-state index in [1.807, 2.05) is 0 Å². The van der Waals surface area contributed by atoms with Gasteiger partial charge in [-0.25, -0.2) is 4.98 Å². The fourth-order valence-corrected chi connectivity index (χ4v) is 4.67. The molecule has 37 heavy (non-hydrogen) atoms. The Hall–Kier alpha value is -3.43. The van der Waals surface area contributed by atoms with Gasteiger partial charge in [-0.15, -0.1) is 4.40 Å². The van der Waals surface area contributed by atoms with Crippen molar-refractivity contribution < 1.29 is 39.0 Å². The van der Waals surface area contributed by atoms with Crippen LogP contribution in [0.5, 0.6) is 5.88 Å². The van der Waals surface area contributed by atoms with Crippen molar-refractivity contribution in [1.29, 1.82) is 0 Å². The van der Waals surface area contributed by atoms with Gasteiger partial charge in [0.05, 0.1) is 11.9 Å². The number of pyridine rings is 1. The van der Waals surface area contributed by atoms with Gasteiger partial charge in [-0.05, 0) is 29.8 Å². The van der Waals surface area contributed by atoms with E-state index in [0.29, 0.717) is 10.6 Å². The number of hydrogen-bond donors (Lipinski definition) is 1. The maximum atomic E-state index is 12.9. The van der Waals surface area contributed by atoms with Crippen molar-refractivity contribution in [3.63, 3.8) is 0 Å². The van der Waals surface area contributed by atoms with Crippen LogP contribution in [0, 0.1) is 0 Å². The van der Waals surface area contributed by atoms with Crippen LogP contribution in [0.2, 0.25) is 5.02 Å². The number of carbonyl (C=O) groups is 1. The molecule has 0 bridgehead atoms. The first-order chi connectivity index (χ1) is 17.1. The SMILES string of the molecule is CN(C)/C=N/S(=O)(=O)c1cc(NC(=O)Cc2ccccc2Cl)cc2nc(OS(=O)(=O)C(F)(F)F)ccc12. The van der Waals surface area contributed by atoms with Gasteiger partial charge in [0.1, 0.15) is 11.2 Å². The molecule has 16 heteroatoms. The summed E-state index contributed by atoms with van der Waals surface area (Å²) in [5, 5.41) is 2.69. The normalized spacial score (nSPS) is 12.6. The van der Waals surface area contributed by atoms with E-state index >= 15 is 0 Å². The van der Waals surface area contributed by atoms with Gasteiger partial charge in [-0.1, -0.05) is 29.8 Å². The van der Waals surface area contributed by atoms with Gasteiger partial charge in [-0.2, -0.15) is 30.0 Å². The number of fused-ring (bicyclic) bond motifs is 1. The molecule has 0 radical (unpaired) electrons. The van der Waals surface area contributed by atoms with Crippen LogP contribution in [0.1, 0.15) is 5.56 Å². The van der Waals surface area contributed by atoms with Crippen LogP contribution >= 0.6 is 11.6 Å². The maximum Gasteiger partial charge on any atom is 0.534 e. The summed E-state index contributed by atoms with van der Waals surface area (Å²) < 4.78 is 94.3. The van der Waals surface area contributed by atoms with Crippen molar-refractivity contribution in [2.45, 2.75) is 16.8 Å². The lowest BCUT2D eigenvalue weighted by atomic mass is 10.1. The smallest absolute Gasteiger partial charge is 0.368 e. The van der Waals surface area contributed by atoms with Crippen LogP contribution in [-0.2, 0) is 31.4 Å². The van der Waals surface area contributed by atoms with Gasteiger partial charge >= 0.3 is 15.6 Å². The van der Waals surface area contributed by atoms with Gasteiger partial charge in [0.2, 0.25) is 11.8 Å². The Bertz CT molecular complexity index is 1590. The molecule has 3 rings (SSSR count). The van der Waals surface area contributed by atoms with Crippen LogP contribution < -0.4 is 9.50 Å². The maximum absolute atomic E-state index is 12.9. The quantitative estimate of drug-likeness (QED) is 0.185. The Labute approximate surface area is 214 Å². The number of hydrogen-bond acceptors (Lipinski definition) is 7. The van der Waals surface area contributed by atoms with E-state index < -0.39 is 42.3 Å². The summed E-state index contributed by atoms with van der Waals surface area (Å²) in [6, 6.07) is 10.5. The number of halogens is 4. The number of sulfonamides is 1. The lowest BCUT2D eigenvalue weighted by Gasteiger charge is -2.13. The molecule has 2 aromatic carbocycles. The van der Waals surface area contributed by atoms with Gasteiger partial charge in [-0.3, -0.25) is 4.79 Å². The Kier molecular flexibility index (Phi) is 8.00. The molecule has 0 saturated heterocycles. The number of benzene rings is 2. The third kappa shape index (κ3) is 6.87. The van der Waals surface area contributed by atoms with Crippen molar-refractivity contribution in [3.05, 3.63) is 59.1 Å². The summed E-state index contributed by atoms with van der Waals surface area (Å²) >= 11 is 6.06. The first-order valence-electron chi connectivity index (χ1n) is 10.0. The summed E-state index contributed by atoms with van der Waals surface area (Å²) in [7, 11) is -7.39. The molecule has 10 nitrogen and oxygen atoms in total. The van der Waals surface area contributed by atoms with Crippen LogP contribution in [0.4, 0.5) is 18.9 Å². The van der Waals surface area contributed by atoms with E-state index in [9.17, 15) is 34.8 Å². The molecule has 1 N–H and O–H groups in total. The van der Waals surface area contributed by atoms with Crippen molar-refractivity contribution in [2.75, 3.05) is 19.4 Å². The van der Waals surface area contributed by atoms with Crippen molar-refractivity contribution in [2.24, 2.45) is 4.40 Å². The number of alkyl halides is 3. The van der Waals surface area contributed by atoms with Crippen LogP contribution in [-0.4, -0.2) is 58.6 Å². The van der Waals surface area contributed by atoms with E-state index in [0.717, 1.165) is 30.6 Å². The summed E-state index contributed by atoms with van der Waals surface area (Å²) in [6.45, 7) is 0. The standard InChI is InChI=1S/C21H18ClF3N4O6S2/c1-29(2)12-26-36(31,32)18-11-14(27-19(30)9-13-5-3-4-6-16(13)22)10-17-15(18)7-8-20(28-17)35-37(33,34)21(23,24)25/h3-8,10-12H,9H2,1-2H3,(H,27,30)/b26-12+. The monoisotopic (exact) mass is 578 g/mol. The molecule has 0 saturated carbocycles. The third-order valence-electron chi connectivity index (χ3n) is 4.51. The number of anilines is 1. The highest BCUT2D eigenvalue weighted by molar-refractivity contribution is 7.90. The van der Waals surface area contributed by atoms with Crippen molar-refractivity contribution in [1.82, 2.24) is 9.88 Å². The molecule has 198 valence electrons. The van der Waals surface area contributed by atoms with E-state index in [2.05, 4.69) is 18.9 Å². The number of amides is 1. The van der Waals surface area contributed by atoms with Gasteiger partial charge in [0.15, 0.2) is 0 Å². The zero-order valence-electron chi connectivity index (χ0n) is 19.0. The highest BCUT2D eigenvalue weighted by Crippen LogP contribution is 2.32. The summed E-state index contributed by atoms with van der Waals surface area (Å²) in [5.41, 5.74) is -5.62. The predicted molar refractivity (Wildman–Crippen MR) is 130 cm³/mol. The van der Waals surface area contributed by atoms with E-state index in [4.69, 9.17) is 11.6 Å². The van der Waals surface area contributed by atoms with Crippen molar-refractivity contribution >= 4 is 60.6 Å². The number of carbonyl (C=O) groups excluding carboxylic acids is 1. The zero-order chi connectivity index (χ0) is 27.6. The minimum Gasteiger partial charge on any atom is -0.368 e. The molecule has 1 heterocycles. The van der Waals surface area contributed by atoms with E-state index in [1.165, 1.54) is 19.0 Å². The number of nitrogens with one attached hydrogen (secondary N) is 1. The molecule has 0 fully saturated rings. The molecule has 1 amide bonds. The lowest BCUT2D eigenvalue weighted by molar-refractivity contribution is -0.115. The van der Waals surface area contributed by atoms with Crippen LogP contribution in [0.3, 0.4) is 0 Å². The Morgan fingerprint density at radius 2 is 1.81 bits per heavy atom. The fourth-order valence-electron chi connectivity index (χ4n) is 2.91. The predicted octanol–water partition coefficient (Wildman–Crippen LogP) is 3.58. The molecular weight excluding hydrogens is 561 g/mol. The Morgan fingerprint density at radius 1 is 1.14 bits per heavy atom. The van der Waals surface area contributed by atoms with Crippen molar-refractivity contribution in [3.8, 4) is 5.88 Å². The van der Waals surface area contributed by atoms with E-state index in [1.54, 1.807) is 24.3 Å². The van der Waals surface area contributed by atoms with Gasteiger partial charge < -0.3 is 14.4 Å². The minimum atomic E-state index is -6.04. The highest BCUT2D eigenvalue weighted by Gasteiger charge is 2.48. The average molecular weight is 579 g/mol. The molecule has 0 unspecified atom stereocenters. The molecule has 0 atom stereocenters. The van der Waals surface area contributed by atoms with Gasteiger partial charge in [0.25, 0.3) is 10.0 Å². The molecule has 0 aliphatic rings. The molecule has 0 aliphatic carbocycles. The molecule has 1 aromatic heterocycles. The Morgan fingerprint density at radius 3 is 2.43 bits per heavy atom. The number of nitrogens with zero attached hydrogens (tertiary/aromatic N) is 3. The second-order valence-electron chi connectivity index (χ2n) is 7.65. The first kappa shape index (κ1) is 28.1. The van der Waals surface area contributed by atoms with Crippen LogP contribution in [0.25, 0.3) is 10.9 Å². The zero-order valence-corrected chi connectivity index (χ0v) is 21.4. The average Bonchev–Trinajstić information content (AvgIpc) is 2.77. The molecule has 3 aromatic rings. The fraction of sp³-hybridized carbons (Fsp3) is 0.190. The summed E-state index contributed by atoms with van der Waals surface area (Å²) in [4.78, 5) is 17.2. The lowest BCUT2D eigenvalue weighted by Crippen LogP contribution is -2.28. The highest BCUT2D eigenvalue weighted by atomic mass is 35.5. The largest absolute Gasteiger partial charge is 0.534 e. The second-order valence-corrected chi connectivity index (χ2v) is 11.2. The number of aromatic nitrogens is 1. The first-order valence-corrected chi connectivity index (χ1v) is 13.3. The molecule has 0 spiro atoms. The minimum absolute atomic E-state index is 0.105. The van der Waals surface area contributed by atoms with Crippen LogP contribution in [0.15, 0.2) is 57.8 Å². The molecular formula is C21H18ClF3N4O6S2. The summed E-state index contributed by atoms with van der Waals surface area (Å²) in [6.07, 6.45) is 0.823. The van der Waals surface area contributed by atoms with Gasteiger partial charge in [0, 0.05) is 36.3 Å². The second kappa shape index (κ2) is 10.5. The molecule has 0 aliphatic heterocycles. The summed E-state index contributed by atoms with van der Waals surface area (Å²) in [5.74, 6) is -1.57. The topological polar surface area (TPSA) is 135 Å².